The van der Waals surface area contributed by atoms with Gasteiger partial charge in [0.25, 0.3) is 0 Å². The van der Waals surface area contributed by atoms with Crippen LogP contribution in [0, 0.1) is 11.8 Å². The highest BCUT2D eigenvalue weighted by Gasteiger charge is 2.07. The van der Waals surface area contributed by atoms with Gasteiger partial charge in [-0.3, -0.25) is 0 Å². The Morgan fingerprint density at radius 2 is 2.18 bits per heavy atom. The standard InChI is InChI=1S/C10H21N/c1-4-6-10(5-2)7-9(3)8-11/h5,9-10H,2,4,6-8,11H2,1,3H3. The summed E-state index contributed by atoms with van der Waals surface area (Å²) in [5, 5.41) is 0. The monoisotopic (exact) mass is 155 g/mol. The molecule has 0 radical (unpaired) electrons. The van der Waals surface area contributed by atoms with Crippen molar-refractivity contribution < 1.29 is 0 Å². The van der Waals surface area contributed by atoms with Gasteiger partial charge in [0.05, 0.1) is 0 Å². The molecule has 0 rings (SSSR count). The van der Waals surface area contributed by atoms with Gasteiger partial charge >= 0.3 is 0 Å². The van der Waals surface area contributed by atoms with E-state index in [0.717, 1.165) is 6.54 Å². The summed E-state index contributed by atoms with van der Waals surface area (Å²) in [5.74, 6) is 1.32. The van der Waals surface area contributed by atoms with Crippen molar-refractivity contribution in [3.63, 3.8) is 0 Å². The zero-order valence-corrected chi connectivity index (χ0v) is 7.84. The summed E-state index contributed by atoms with van der Waals surface area (Å²) in [6, 6.07) is 0. The molecule has 2 atom stereocenters. The van der Waals surface area contributed by atoms with Crippen molar-refractivity contribution >= 4 is 0 Å². The van der Waals surface area contributed by atoms with Gasteiger partial charge in [0.2, 0.25) is 0 Å². The van der Waals surface area contributed by atoms with Gasteiger partial charge in [-0.2, -0.15) is 0 Å². The summed E-state index contributed by atoms with van der Waals surface area (Å²) in [6.45, 7) is 9.04. The third-order valence-corrected chi connectivity index (χ3v) is 2.10. The Morgan fingerprint density at radius 1 is 1.55 bits per heavy atom. The van der Waals surface area contributed by atoms with Crippen LogP contribution in [0.4, 0.5) is 0 Å². The molecule has 2 unspecified atom stereocenters. The number of hydrogen-bond acceptors (Lipinski definition) is 1. The molecule has 11 heavy (non-hydrogen) atoms. The zero-order chi connectivity index (χ0) is 8.69. The van der Waals surface area contributed by atoms with Crippen LogP contribution in [0.15, 0.2) is 12.7 Å². The van der Waals surface area contributed by atoms with Crippen LogP contribution in [-0.4, -0.2) is 6.54 Å². The highest BCUT2D eigenvalue weighted by molar-refractivity contribution is 4.80. The maximum absolute atomic E-state index is 5.54. The molecular formula is C10H21N. The van der Waals surface area contributed by atoms with Crippen molar-refractivity contribution in [3.05, 3.63) is 12.7 Å². The molecule has 0 bridgehead atoms. The first kappa shape index (κ1) is 10.7. The lowest BCUT2D eigenvalue weighted by Crippen LogP contribution is -2.14. The lowest BCUT2D eigenvalue weighted by molar-refractivity contribution is 0.430. The third kappa shape index (κ3) is 5.02. The molecule has 1 nitrogen and oxygen atoms in total. The van der Waals surface area contributed by atoms with E-state index in [9.17, 15) is 0 Å². The summed E-state index contributed by atoms with van der Waals surface area (Å²) in [6.07, 6.45) is 5.77. The Kier molecular flexibility index (Phi) is 6.24. The lowest BCUT2D eigenvalue weighted by Gasteiger charge is -2.15. The normalized spacial score (nSPS) is 15.9. The Balaban J connectivity index is 3.58. The van der Waals surface area contributed by atoms with Crippen LogP contribution in [0.2, 0.25) is 0 Å². The van der Waals surface area contributed by atoms with E-state index in [1.807, 2.05) is 0 Å². The second-order valence-corrected chi connectivity index (χ2v) is 3.36. The van der Waals surface area contributed by atoms with Crippen molar-refractivity contribution in [1.29, 1.82) is 0 Å². The van der Waals surface area contributed by atoms with Gasteiger partial charge in [-0.15, -0.1) is 6.58 Å². The van der Waals surface area contributed by atoms with E-state index >= 15 is 0 Å². The van der Waals surface area contributed by atoms with Crippen LogP contribution in [0.25, 0.3) is 0 Å². The quantitative estimate of drug-likeness (QED) is 0.586. The largest absolute Gasteiger partial charge is 0.330 e. The molecule has 0 amide bonds. The molecule has 0 aromatic heterocycles. The molecule has 0 saturated heterocycles. The summed E-state index contributed by atoms with van der Waals surface area (Å²) in [5.41, 5.74) is 5.54. The van der Waals surface area contributed by atoms with E-state index in [1.165, 1.54) is 19.3 Å². The van der Waals surface area contributed by atoms with Crippen LogP contribution in [-0.2, 0) is 0 Å². The molecule has 0 spiro atoms. The van der Waals surface area contributed by atoms with Crippen LogP contribution in [0.3, 0.4) is 0 Å². The molecule has 2 N–H and O–H groups in total. The van der Waals surface area contributed by atoms with E-state index < -0.39 is 0 Å². The zero-order valence-electron chi connectivity index (χ0n) is 7.84. The second kappa shape index (κ2) is 6.41. The van der Waals surface area contributed by atoms with Crippen LogP contribution >= 0.6 is 0 Å². The fraction of sp³-hybridized carbons (Fsp3) is 0.800. The van der Waals surface area contributed by atoms with E-state index in [4.69, 9.17) is 5.73 Å². The Morgan fingerprint density at radius 3 is 2.55 bits per heavy atom. The minimum absolute atomic E-state index is 0.643. The van der Waals surface area contributed by atoms with Gasteiger partial charge < -0.3 is 5.73 Å². The molecule has 0 aromatic carbocycles. The van der Waals surface area contributed by atoms with Gasteiger partial charge in [0.15, 0.2) is 0 Å². The van der Waals surface area contributed by atoms with Crippen LogP contribution in [0.1, 0.15) is 33.1 Å². The van der Waals surface area contributed by atoms with Crippen LogP contribution < -0.4 is 5.73 Å². The highest BCUT2D eigenvalue weighted by atomic mass is 14.5. The van der Waals surface area contributed by atoms with Crippen LogP contribution in [0.5, 0.6) is 0 Å². The molecule has 1 heteroatoms. The summed E-state index contributed by atoms with van der Waals surface area (Å²) < 4.78 is 0. The predicted molar refractivity (Wildman–Crippen MR) is 51.4 cm³/mol. The Bertz CT molecular complexity index is 99.0. The first-order valence-corrected chi connectivity index (χ1v) is 4.57. The van der Waals surface area contributed by atoms with Gasteiger partial charge in [-0.25, -0.2) is 0 Å². The molecule has 0 saturated carbocycles. The Hall–Kier alpha value is -0.300. The van der Waals surface area contributed by atoms with Crippen molar-refractivity contribution in [1.82, 2.24) is 0 Å². The van der Waals surface area contributed by atoms with Crippen molar-refractivity contribution in [2.75, 3.05) is 6.54 Å². The molecule has 0 aliphatic rings. The predicted octanol–water partition coefficient (Wildman–Crippen LogP) is 2.57. The maximum Gasteiger partial charge on any atom is -0.00513 e. The van der Waals surface area contributed by atoms with Gasteiger partial charge in [-0.1, -0.05) is 26.3 Å². The molecule has 0 aliphatic heterocycles. The van der Waals surface area contributed by atoms with Gasteiger partial charge in [0, 0.05) is 0 Å². The smallest absolute Gasteiger partial charge is 0.00513 e. The molecule has 0 aliphatic carbocycles. The minimum atomic E-state index is 0.643. The average Bonchev–Trinajstić information content (AvgIpc) is 2.03. The summed E-state index contributed by atoms with van der Waals surface area (Å²) >= 11 is 0. The van der Waals surface area contributed by atoms with E-state index in [2.05, 4.69) is 26.5 Å². The molecule has 0 heterocycles. The van der Waals surface area contributed by atoms with Gasteiger partial charge in [-0.05, 0) is 31.2 Å². The fourth-order valence-corrected chi connectivity index (χ4v) is 1.32. The third-order valence-electron chi connectivity index (χ3n) is 2.10. The number of rotatable bonds is 6. The molecule has 0 aromatic rings. The first-order valence-electron chi connectivity index (χ1n) is 4.57. The average molecular weight is 155 g/mol. The molecular weight excluding hydrogens is 134 g/mol. The van der Waals surface area contributed by atoms with E-state index in [-0.39, 0.29) is 0 Å². The number of nitrogens with two attached hydrogens (primary N) is 1. The summed E-state index contributed by atoms with van der Waals surface area (Å²) in [4.78, 5) is 0. The topological polar surface area (TPSA) is 26.0 Å². The summed E-state index contributed by atoms with van der Waals surface area (Å²) in [7, 11) is 0. The van der Waals surface area contributed by atoms with E-state index in [0.29, 0.717) is 11.8 Å². The lowest BCUT2D eigenvalue weighted by atomic mass is 9.92. The van der Waals surface area contributed by atoms with Crippen molar-refractivity contribution in [3.8, 4) is 0 Å². The van der Waals surface area contributed by atoms with E-state index in [1.54, 1.807) is 0 Å². The SMILES string of the molecule is C=CC(CCC)CC(C)CN. The second-order valence-electron chi connectivity index (χ2n) is 3.36. The van der Waals surface area contributed by atoms with Crippen molar-refractivity contribution in [2.24, 2.45) is 17.6 Å². The number of allylic oxidation sites excluding steroid dienone is 1. The molecule has 0 fully saturated rings. The van der Waals surface area contributed by atoms with Gasteiger partial charge in [0.1, 0.15) is 0 Å². The van der Waals surface area contributed by atoms with Crippen molar-refractivity contribution in [2.45, 2.75) is 33.1 Å². The number of hydrogen-bond donors (Lipinski definition) is 1. The Labute approximate surface area is 70.7 Å². The molecule has 66 valence electrons. The minimum Gasteiger partial charge on any atom is -0.330 e. The fourth-order valence-electron chi connectivity index (χ4n) is 1.32. The highest BCUT2D eigenvalue weighted by Crippen LogP contribution is 2.17. The maximum atomic E-state index is 5.54. The first-order chi connectivity index (χ1) is 5.24.